The Labute approximate surface area is 123 Å². The summed E-state index contributed by atoms with van der Waals surface area (Å²) in [5.74, 6) is 0.189. The second-order valence-electron chi connectivity index (χ2n) is 5.56. The van der Waals surface area contributed by atoms with Crippen LogP contribution in [0.2, 0.25) is 0 Å². The fourth-order valence-electron chi connectivity index (χ4n) is 3.27. The van der Waals surface area contributed by atoms with Crippen molar-refractivity contribution in [1.29, 1.82) is 0 Å². The first-order chi connectivity index (χ1) is 9.84. The van der Waals surface area contributed by atoms with Gasteiger partial charge in [-0.2, -0.15) is 0 Å². The highest BCUT2D eigenvalue weighted by Crippen LogP contribution is 2.24. The fraction of sp³-hybridized carbons (Fsp3) is 0.714. The van der Waals surface area contributed by atoms with Crippen LogP contribution >= 0.6 is 11.3 Å². The van der Waals surface area contributed by atoms with Gasteiger partial charge in [0, 0.05) is 17.1 Å². The molecular weight excluding hydrogens is 272 g/mol. The van der Waals surface area contributed by atoms with Crippen LogP contribution in [0.3, 0.4) is 0 Å². The Morgan fingerprint density at radius 2 is 2.30 bits per heavy atom. The van der Waals surface area contributed by atoms with Gasteiger partial charge < -0.3 is 10.6 Å². The van der Waals surface area contributed by atoms with Gasteiger partial charge >= 0.3 is 0 Å². The van der Waals surface area contributed by atoms with Gasteiger partial charge in [-0.05, 0) is 45.3 Å². The van der Waals surface area contributed by atoms with Crippen molar-refractivity contribution in [2.24, 2.45) is 0 Å². The number of nitrogens with one attached hydrogen (secondary N) is 2. The van der Waals surface area contributed by atoms with Gasteiger partial charge in [0.15, 0.2) is 0 Å². The average molecular weight is 294 g/mol. The van der Waals surface area contributed by atoms with E-state index in [9.17, 15) is 4.79 Å². The molecule has 1 amide bonds. The molecule has 3 rings (SSSR count). The molecule has 2 saturated heterocycles. The largest absolute Gasteiger partial charge is 0.350 e. The van der Waals surface area contributed by atoms with E-state index >= 15 is 0 Å². The third-order valence-corrected chi connectivity index (χ3v) is 5.07. The van der Waals surface area contributed by atoms with E-state index in [1.165, 1.54) is 12.8 Å². The lowest BCUT2D eigenvalue weighted by Gasteiger charge is -2.35. The lowest BCUT2D eigenvalue weighted by atomic mass is 10.0. The minimum atomic E-state index is 0.0750. The third kappa shape index (κ3) is 3.19. The number of amides is 1. The van der Waals surface area contributed by atoms with Gasteiger partial charge in [0.25, 0.3) is 0 Å². The Balaban J connectivity index is 1.55. The summed E-state index contributed by atoms with van der Waals surface area (Å²) >= 11 is 1.59. The van der Waals surface area contributed by atoms with Crippen LogP contribution in [0.4, 0.5) is 0 Å². The summed E-state index contributed by atoms with van der Waals surface area (Å²) in [4.78, 5) is 20.0. The molecule has 2 N–H and O–H groups in total. The normalized spacial score (nSPS) is 24.9. The van der Waals surface area contributed by atoms with Crippen LogP contribution in [0.15, 0.2) is 11.7 Å². The Kier molecular flexibility index (Phi) is 4.65. The van der Waals surface area contributed by atoms with Gasteiger partial charge in [-0.15, -0.1) is 11.3 Å². The van der Waals surface area contributed by atoms with Crippen molar-refractivity contribution >= 4 is 17.2 Å². The predicted molar refractivity (Wildman–Crippen MR) is 79.6 cm³/mol. The number of piperidine rings is 1. The first-order valence-corrected chi connectivity index (χ1v) is 8.34. The van der Waals surface area contributed by atoms with Crippen LogP contribution < -0.4 is 10.6 Å². The van der Waals surface area contributed by atoms with Crippen molar-refractivity contribution in [2.45, 2.75) is 44.3 Å². The summed E-state index contributed by atoms with van der Waals surface area (Å²) in [6, 6.07) is 0.656. The first kappa shape index (κ1) is 14.0. The van der Waals surface area contributed by atoms with Gasteiger partial charge in [-0.1, -0.05) is 0 Å². The second kappa shape index (κ2) is 6.65. The van der Waals surface area contributed by atoms with E-state index < -0.39 is 0 Å². The van der Waals surface area contributed by atoms with Crippen molar-refractivity contribution in [1.82, 2.24) is 20.5 Å². The maximum absolute atomic E-state index is 12.4. The molecule has 6 heteroatoms. The zero-order valence-electron chi connectivity index (χ0n) is 11.7. The SMILES string of the molecule is O=C(NCc1cncs1)C1CCCN1C1CCNCC1. The predicted octanol–water partition coefficient (Wildman–Crippen LogP) is 0.976. The minimum absolute atomic E-state index is 0.0750. The zero-order valence-corrected chi connectivity index (χ0v) is 12.5. The fourth-order valence-corrected chi connectivity index (χ4v) is 3.80. The van der Waals surface area contributed by atoms with E-state index in [0.29, 0.717) is 12.6 Å². The molecule has 1 aromatic heterocycles. The maximum Gasteiger partial charge on any atom is 0.237 e. The lowest BCUT2D eigenvalue weighted by Crippen LogP contribution is -2.50. The van der Waals surface area contributed by atoms with E-state index in [1.54, 1.807) is 16.8 Å². The smallest absolute Gasteiger partial charge is 0.237 e. The molecule has 110 valence electrons. The molecule has 1 aromatic rings. The highest BCUT2D eigenvalue weighted by Gasteiger charge is 2.35. The van der Waals surface area contributed by atoms with Gasteiger partial charge in [-0.3, -0.25) is 14.7 Å². The number of likely N-dealkylation sites (tertiary alicyclic amines) is 1. The quantitative estimate of drug-likeness (QED) is 0.869. The molecule has 5 nitrogen and oxygen atoms in total. The topological polar surface area (TPSA) is 57.3 Å². The molecule has 0 radical (unpaired) electrons. The molecule has 2 fully saturated rings. The monoisotopic (exact) mass is 294 g/mol. The van der Waals surface area contributed by atoms with Crippen LogP contribution in [0, 0.1) is 0 Å². The Bertz CT molecular complexity index is 430. The Hall–Kier alpha value is -0.980. The zero-order chi connectivity index (χ0) is 13.8. The number of thiazole rings is 1. The maximum atomic E-state index is 12.4. The molecule has 0 aliphatic carbocycles. The third-order valence-electron chi connectivity index (χ3n) is 4.29. The Morgan fingerprint density at radius 1 is 1.45 bits per heavy atom. The molecule has 2 aliphatic heterocycles. The molecule has 0 bridgehead atoms. The van der Waals surface area contributed by atoms with Crippen molar-refractivity contribution in [2.75, 3.05) is 19.6 Å². The lowest BCUT2D eigenvalue weighted by molar-refractivity contribution is -0.126. The Morgan fingerprint density at radius 3 is 3.05 bits per heavy atom. The van der Waals surface area contributed by atoms with Crippen molar-refractivity contribution in [3.8, 4) is 0 Å². The van der Waals surface area contributed by atoms with E-state index in [-0.39, 0.29) is 11.9 Å². The molecule has 2 aliphatic rings. The van der Waals surface area contributed by atoms with Crippen LogP contribution in [0.1, 0.15) is 30.6 Å². The number of hydrogen-bond acceptors (Lipinski definition) is 5. The number of nitrogens with zero attached hydrogens (tertiary/aromatic N) is 2. The number of hydrogen-bond donors (Lipinski definition) is 2. The number of carbonyl (C=O) groups is 1. The van der Waals surface area contributed by atoms with Crippen molar-refractivity contribution < 1.29 is 4.79 Å². The number of rotatable bonds is 4. The molecule has 3 heterocycles. The summed E-state index contributed by atoms with van der Waals surface area (Å²) in [6.45, 7) is 3.84. The molecule has 0 spiro atoms. The summed E-state index contributed by atoms with van der Waals surface area (Å²) in [5.41, 5.74) is 1.80. The minimum Gasteiger partial charge on any atom is -0.350 e. The summed E-state index contributed by atoms with van der Waals surface area (Å²) in [5, 5.41) is 6.46. The van der Waals surface area contributed by atoms with Gasteiger partial charge in [-0.25, -0.2) is 0 Å². The van der Waals surface area contributed by atoms with Crippen LogP contribution in [0.5, 0.6) is 0 Å². The molecule has 20 heavy (non-hydrogen) atoms. The summed E-state index contributed by atoms with van der Waals surface area (Å²) < 4.78 is 0. The standard InChI is InChI=1S/C14H22N4OS/c19-14(17-9-12-8-16-10-20-12)13-2-1-7-18(13)11-3-5-15-6-4-11/h8,10-11,13,15H,1-7,9H2,(H,17,19). The van der Waals surface area contributed by atoms with Crippen LogP contribution in [0.25, 0.3) is 0 Å². The number of aromatic nitrogens is 1. The van der Waals surface area contributed by atoms with Gasteiger partial charge in [0.05, 0.1) is 18.1 Å². The molecular formula is C14H22N4OS. The van der Waals surface area contributed by atoms with E-state index in [4.69, 9.17) is 0 Å². The van der Waals surface area contributed by atoms with Crippen molar-refractivity contribution in [3.63, 3.8) is 0 Å². The van der Waals surface area contributed by atoms with Gasteiger partial charge in [0.1, 0.15) is 0 Å². The summed E-state index contributed by atoms with van der Waals surface area (Å²) in [7, 11) is 0. The summed E-state index contributed by atoms with van der Waals surface area (Å²) in [6.07, 6.45) is 6.29. The molecule has 0 saturated carbocycles. The first-order valence-electron chi connectivity index (χ1n) is 7.46. The van der Waals surface area contributed by atoms with E-state index in [0.717, 1.165) is 37.4 Å². The molecule has 0 aromatic carbocycles. The molecule has 1 unspecified atom stereocenters. The average Bonchev–Trinajstić information content (AvgIpc) is 3.17. The van der Waals surface area contributed by atoms with Crippen LogP contribution in [-0.2, 0) is 11.3 Å². The highest BCUT2D eigenvalue weighted by atomic mass is 32.1. The van der Waals surface area contributed by atoms with E-state index in [1.807, 2.05) is 6.20 Å². The second-order valence-corrected chi connectivity index (χ2v) is 6.53. The molecule has 1 atom stereocenters. The van der Waals surface area contributed by atoms with Gasteiger partial charge in [0.2, 0.25) is 5.91 Å². The van der Waals surface area contributed by atoms with E-state index in [2.05, 4.69) is 20.5 Å². The van der Waals surface area contributed by atoms with Crippen molar-refractivity contribution in [3.05, 3.63) is 16.6 Å². The van der Waals surface area contributed by atoms with Crippen LogP contribution in [-0.4, -0.2) is 47.5 Å². The number of carbonyl (C=O) groups excluding carboxylic acids is 1. The highest BCUT2D eigenvalue weighted by molar-refractivity contribution is 7.09.